The van der Waals surface area contributed by atoms with E-state index in [-0.39, 0.29) is 11.3 Å². The number of anilines is 1. The summed E-state index contributed by atoms with van der Waals surface area (Å²) in [6.07, 6.45) is -4.82. The molecule has 9 nitrogen and oxygen atoms in total. The van der Waals surface area contributed by atoms with Crippen LogP contribution in [0.15, 0.2) is 28.7 Å². The molecule has 0 aliphatic heterocycles. The van der Waals surface area contributed by atoms with Gasteiger partial charge in [0.1, 0.15) is 5.75 Å². The Morgan fingerprint density at radius 2 is 1.96 bits per heavy atom. The second-order valence-corrected chi connectivity index (χ2v) is 5.61. The van der Waals surface area contributed by atoms with Gasteiger partial charge in [0, 0.05) is 13.6 Å². The Balaban J connectivity index is 2.07. The first-order chi connectivity index (χ1) is 13.2. The molecule has 2 N–H and O–H groups in total. The van der Waals surface area contributed by atoms with Crippen LogP contribution >= 0.6 is 0 Å². The number of amides is 2. The van der Waals surface area contributed by atoms with Gasteiger partial charge in [0.15, 0.2) is 0 Å². The zero-order valence-electron chi connectivity index (χ0n) is 15.0. The van der Waals surface area contributed by atoms with Gasteiger partial charge in [-0.25, -0.2) is 4.79 Å². The molecule has 0 fully saturated rings. The third-order valence-electron chi connectivity index (χ3n) is 3.45. The van der Waals surface area contributed by atoms with E-state index in [1.54, 1.807) is 7.05 Å². The highest BCUT2D eigenvalue weighted by Gasteiger charge is 2.38. The van der Waals surface area contributed by atoms with Crippen LogP contribution in [0, 0.1) is 0 Å². The Labute approximate surface area is 157 Å². The van der Waals surface area contributed by atoms with E-state index >= 15 is 0 Å². The number of alkyl halides is 3. The number of carbonyl (C=O) groups is 2. The van der Waals surface area contributed by atoms with Gasteiger partial charge in [-0.15, -0.1) is 5.10 Å². The molecule has 2 rings (SSSR count). The molecule has 2 amide bonds. The molecule has 28 heavy (non-hydrogen) atoms. The summed E-state index contributed by atoms with van der Waals surface area (Å²) in [6.45, 7) is 1.14. The molecule has 0 aliphatic rings. The maximum Gasteiger partial charge on any atom is 0.470 e. The largest absolute Gasteiger partial charge is 0.470 e. The zero-order valence-corrected chi connectivity index (χ0v) is 15.0. The average Bonchev–Trinajstić information content (AvgIpc) is 3.11. The maximum atomic E-state index is 12.5. The van der Waals surface area contributed by atoms with Crippen molar-refractivity contribution in [3.63, 3.8) is 0 Å². The summed E-state index contributed by atoms with van der Waals surface area (Å²) < 4.78 is 47.0. The predicted octanol–water partition coefficient (Wildman–Crippen LogP) is 2.38. The number of rotatable bonds is 7. The van der Waals surface area contributed by atoms with Crippen LogP contribution in [0.4, 0.5) is 24.0 Å². The summed E-state index contributed by atoms with van der Waals surface area (Å²) in [5, 5.41) is 10.9. The third kappa shape index (κ3) is 5.67. The number of hydrogen-bond acceptors (Lipinski definition) is 7. The van der Waals surface area contributed by atoms with Crippen molar-refractivity contribution >= 4 is 18.0 Å². The highest BCUT2D eigenvalue weighted by molar-refractivity contribution is 6.05. The monoisotopic (exact) mass is 401 g/mol. The van der Waals surface area contributed by atoms with Gasteiger partial charge in [-0.2, -0.15) is 13.2 Å². The zero-order chi connectivity index (χ0) is 20.7. The lowest BCUT2D eigenvalue weighted by Crippen LogP contribution is -2.32. The van der Waals surface area contributed by atoms with Gasteiger partial charge < -0.3 is 19.4 Å². The summed E-state index contributed by atoms with van der Waals surface area (Å²) >= 11 is 0. The molecule has 1 aromatic carbocycles. The fourth-order valence-electron chi connectivity index (χ4n) is 2.05. The Kier molecular flexibility index (Phi) is 6.93. The number of ether oxygens (including phenoxy) is 1. The highest BCUT2D eigenvalue weighted by Crippen LogP contribution is 2.29. The first-order valence-electron chi connectivity index (χ1n) is 8.11. The van der Waals surface area contributed by atoms with Gasteiger partial charge in [-0.1, -0.05) is 17.2 Å². The number of carbonyl (C=O) groups excluding carboxylic acids is 2. The fourth-order valence-corrected chi connectivity index (χ4v) is 2.05. The minimum Gasteiger partial charge on any atom is -0.409 e. The number of nitrogens with zero attached hydrogens (tertiary/aromatic N) is 3. The SMILES string of the molecule is CNCCCN(C)C(=O)Oc1ccccc1C(=O)Nc1nnc(C(F)(F)F)o1. The van der Waals surface area contributed by atoms with Crippen molar-refractivity contribution in [3.05, 3.63) is 35.7 Å². The molecule has 0 saturated carbocycles. The summed E-state index contributed by atoms with van der Waals surface area (Å²) in [4.78, 5) is 25.8. The standard InChI is InChI=1S/C16H18F3N5O4/c1-20-8-5-9-24(2)15(26)27-11-7-4-3-6-10(11)12(25)21-14-23-22-13(28-14)16(17,18)19/h3-4,6-7,20H,5,8-9H2,1-2H3,(H,21,23,25). The lowest BCUT2D eigenvalue weighted by Gasteiger charge is -2.17. The Hall–Kier alpha value is -3.15. The molecule has 1 heterocycles. The van der Waals surface area contributed by atoms with Crippen molar-refractivity contribution in [1.29, 1.82) is 0 Å². The van der Waals surface area contributed by atoms with E-state index in [9.17, 15) is 22.8 Å². The smallest absolute Gasteiger partial charge is 0.409 e. The second-order valence-electron chi connectivity index (χ2n) is 5.61. The molecule has 0 bridgehead atoms. The van der Waals surface area contributed by atoms with Crippen LogP contribution in [-0.2, 0) is 6.18 Å². The summed E-state index contributed by atoms with van der Waals surface area (Å²) in [7, 11) is 3.33. The summed E-state index contributed by atoms with van der Waals surface area (Å²) in [6, 6.07) is 5.01. The number of hydrogen-bond donors (Lipinski definition) is 2. The van der Waals surface area contributed by atoms with Gasteiger partial charge in [0.25, 0.3) is 5.91 Å². The first kappa shape index (κ1) is 21.2. The Bertz CT molecular complexity index is 825. The molecule has 2 aromatic rings. The van der Waals surface area contributed by atoms with Crippen LogP contribution in [0.3, 0.4) is 0 Å². The molecule has 0 unspecified atom stereocenters. The first-order valence-corrected chi connectivity index (χ1v) is 8.11. The molecular weight excluding hydrogens is 383 g/mol. The van der Waals surface area contributed by atoms with Crippen LogP contribution in [0.2, 0.25) is 0 Å². The fraction of sp³-hybridized carbons (Fsp3) is 0.375. The van der Waals surface area contributed by atoms with Gasteiger partial charge in [0.2, 0.25) is 0 Å². The molecule has 152 valence electrons. The number of aromatic nitrogens is 2. The second kappa shape index (κ2) is 9.17. The minimum atomic E-state index is -4.83. The highest BCUT2D eigenvalue weighted by atomic mass is 19.4. The lowest BCUT2D eigenvalue weighted by atomic mass is 10.2. The van der Waals surface area contributed by atoms with Gasteiger partial charge >= 0.3 is 24.2 Å². The molecule has 12 heteroatoms. The quantitative estimate of drug-likeness (QED) is 0.686. The number of para-hydroxylation sites is 1. The third-order valence-corrected chi connectivity index (χ3v) is 3.45. The molecule has 0 spiro atoms. The summed E-state index contributed by atoms with van der Waals surface area (Å²) in [5.74, 6) is -2.54. The molecular formula is C16H18F3N5O4. The number of halogens is 3. The Morgan fingerprint density at radius 1 is 1.25 bits per heavy atom. The lowest BCUT2D eigenvalue weighted by molar-refractivity contribution is -0.156. The van der Waals surface area contributed by atoms with Crippen LogP contribution in [-0.4, -0.2) is 54.3 Å². The van der Waals surface area contributed by atoms with Gasteiger partial charge in [-0.3, -0.25) is 10.1 Å². The molecule has 0 aliphatic carbocycles. The van der Waals surface area contributed by atoms with E-state index in [1.165, 1.54) is 36.2 Å². The van der Waals surface area contributed by atoms with E-state index in [2.05, 4.69) is 19.9 Å². The number of nitrogens with one attached hydrogen (secondary N) is 2. The van der Waals surface area contributed by atoms with Crippen molar-refractivity contribution in [2.24, 2.45) is 0 Å². The maximum absolute atomic E-state index is 12.5. The van der Waals surface area contributed by atoms with E-state index in [0.29, 0.717) is 19.5 Å². The molecule has 0 radical (unpaired) electrons. The normalized spacial score (nSPS) is 11.2. The number of benzene rings is 1. The van der Waals surface area contributed by atoms with E-state index in [1.807, 2.05) is 5.32 Å². The Morgan fingerprint density at radius 3 is 2.61 bits per heavy atom. The van der Waals surface area contributed by atoms with Crippen molar-refractivity contribution in [1.82, 2.24) is 20.4 Å². The summed E-state index contributed by atoms with van der Waals surface area (Å²) in [5.41, 5.74) is -0.0915. The van der Waals surface area contributed by atoms with E-state index in [0.717, 1.165) is 0 Å². The molecule has 0 atom stereocenters. The van der Waals surface area contributed by atoms with Crippen LogP contribution in [0.25, 0.3) is 0 Å². The predicted molar refractivity (Wildman–Crippen MR) is 90.9 cm³/mol. The van der Waals surface area contributed by atoms with Crippen LogP contribution in [0.5, 0.6) is 5.75 Å². The van der Waals surface area contributed by atoms with Gasteiger partial charge in [-0.05, 0) is 32.1 Å². The van der Waals surface area contributed by atoms with E-state index in [4.69, 9.17) is 4.74 Å². The van der Waals surface area contributed by atoms with Gasteiger partial charge in [0.05, 0.1) is 5.56 Å². The molecule has 1 aromatic heterocycles. The van der Waals surface area contributed by atoms with Crippen LogP contribution < -0.4 is 15.4 Å². The van der Waals surface area contributed by atoms with Crippen molar-refractivity contribution in [2.75, 3.05) is 32.5 Å². The van der Waals surface area contributed by atoms with E-state index < -0.39 is 30.1 Å². The van der Waals surface area contributed by atoms with Crippen molar-refractivity contribution in [3.8, 4) is 5.75 Å². The minimum absolute atomic E-state index is 0.0685. The topological polar surface area (TPSA) is 110 Å². The van der Waals surface area contributed by atoms with Crippen LogP contribution in [0.1, 0.15) is 22.7 Å². The van der Waals surface area contributed by atoms with Crippen molar-refractivity contribution in [2.45, 2.75) is 12.6 Å². The molecule has 0 saturated heterocycles. The van der Waals surface area contributed by atoms with Crippen molar-refractivity contribution < 1.29 is 31.9 Å². The average molecular weight is 401 g/mol.